The van der Waals surface area contributed by atoms with Gasteiger partial charge in [0.2, 0.25) is 0 Å². The maximum Gasteiger partial charge on any atom is 0.0940 e. The maximum atomic E-state index is 9.78. The molecule has 0 aliphatic heterocycles. The van der Waals surface area contributed by atoms with Crippen LogP contribution in [0.15, 0.2) is 18.2 Å². The molecule has 2 atom stereocenters. The molecule has 0 aliphatic carbocycles. The Morgan fingerprint density at radius 3 is 2.46 bits per heavy atom. The van der Waals surface area contributed by atoms with Crippen molar-refractivity contribution in [3.05, 3.63) is 34.9 Å². The van der Waals surface area contributed by atoms with E-state index in [9.17, 15) is 5.11 Å². The summed E-state index contributed by atoms with van der Waals surface area (Å²) in [6.07, 6.45) is -0.556. The van der Waals surface area contributed by atoms with Gasteiger partial charge in [-0.05, 0) is 31.9 Å². The molecule has 0 bridgehead atoms. The smallest absolute Gasteiger partial charge is 0.0940 e. The molecule has 1 aromatic rings. The third-order valence-corrected chi connectivity index (χ3v) is 2.25. The fraction of sp³-hybridized carbons (Fsp3) is 0.455. The van der Waals surface area contributed by atoms with Crippen molar-refractivity contribution in [2.45, 2.75) is 32.9 Å². The summed E-state index contributed by atoms with van der Waals surface area (Å²) in [6, 6.07) is 5.81. The van der Waals surface area contributed by atoms with E-state index in [0.29, 0.717) is 0 Å². The van der Waals surface area contributed by atoms with Gasteiger partial charge in [0.1, 0.15) is 0 Å². The van der Waals surface area contributed by atoms with Gasteiger partial charge < -0.3 is 10.8 Å². The fourth-order valence-corrected chi connectivity index (χ4v) is 1.36. The van der Waals surface area contributed by atoms with Crippen molar-refractivity contribution in [3.63, 3.8) is 0 Å². The van der Waals surface area contributed by atoms with E-state index in [4.69, 9.17) is 5.73 Å². The Hall–Kier alpha value is -0.860. The topological polar surface area (TPSA) is 46.2 Å². The molecule has 0 aromatic heterocycles. The molecule has 0 saturated carbocycles. The number of nitrogens with two attached hydrogens (primary N) is 1. The predicted molar refractivity (Wildman–Crippen MR) is 54.5 cm³/mol. The molecule has 13 heavy (non-hydrogen) atoms. The Kier molecular flexibility index (Phi) is 3.07. The van der Waals surface area contributed by atoms with E-state index in [1.165, 1.54) is 0 Å². The van der Waals surface area contributed by atoms with Crippen LogP contribution in [0.25, 0.3) is 0 Å². The lowest BCUT2D eigenvalue weighted by molar-refractivity contribution is 0.152. The van der Waals surface area contributed by atoms with Gasteiger partial charge in [-0.25, -0.2) is 0 Å². The predicted octanol–water partition coefficient (Wildman–Crippen LogP) is 1.68. The second-order valence-electron chi connectivity index (χ2n) is 3.66. The first-order valence-electron chi connectivity index (χ1n) is 4.53. The lowest BCUT2D eigenvalue weighted by Crippen LogP contribution is -2.25. The standard InChI is InChI=1S/C11H17NO/c1-7-4-5-8(2)10(6-7)11(13)9(3)12/h4-6,9,11,13H,12H2,1-3H3. The highest BCUT2D eigenvalue weighted by molar-refractivity contribution is 5.32. The normalized spacial score (nSPS) is 15.5. The van der Waals surface area contributed by atoms with Crippen molar-refractivity contribution in [2.24, 2.45) is 5.73 Å². The Labute approximate surface area is 79.4 Å². The molecule has 3 N–H and O–H groups in total. The van der Waals surface area contributed by atoms with Crippen molar-refractivity contribution in [1.29, 1.82) is 0 Å². The first kappa shape index (κ1) is 10.2. The van der Waals surface area contributed by atoms with Crippen LogP contribution in [-0.4, -0.2) is 11.1 Å². The lowest BCUT2D eigenvalue weighted by atomic mass is 9.97. The molecule has 0 saturated heterocycles. The quantitative estimate of drug-likeness (QED) is 0.725. The third kappa shape index (κ3) is 2.29. The highest BCUT2D eigenvalue weighted by Gasteiger charge is 2.14. The molecule has 2 unspecified atom stereocenters. The molecule has 0 fully saturated rings. The highest BCUT2D eigenvalue weighted by Crippen LogP contribution is 2.20. The van der Waals surface area contributed by atoms with Gasteiger partial charge in [0, 0.05) is 6.04 Å². The number of hydrogen-bond donors (Lipinski definition) is 2. The first-order chi connectivity index (χ1) is 6.02. The number of benzene rings is 1. The summed E-state index contributed by atoms with van der Waals surface area (Å²) >= 11 is 0. The number of rotatable bonds is 2. The van der Waals surface area contributed by atoms with Gasteiger partial charge in [0.15, 0.2) is 0 Å². The van der Waals surface area contributed by atoms with E-state index in [2.05, 4.69) is 0 Å². The minimum absolute atomic E-state index is 0.222. The molecular formula is C11H17NO. The van der Waals surface area contributed by atoms with Crippen LogP contribution < -0.4 is 5.73 Å². The second kappa shape index (κ2) is 3.90. The van der Waals surface area contributed by atoms with E-state index in [1.54, 1.807) is 0 Å². The molecule has 0 amide bonds. The van der Waals surface area contributed by atoms with Crippen molar-refractivity contribution in [3.8, 4) is 0 Å². The summed E-state index contributed by atoms with van der Waals surface area (Å²) in [5.74, 6) is 0. The molecule has 0 radical (unpaired) electrons. The van der Waals surface area contributed by atoms with Crippen LogP contribution in [-0.2, 0) is 0 Å². The molecule has 72 valence electrons. The van der Waals surface area contributed by atoms with Gasteiger partial charge in [-0.3, -0.25) is 0 Å². The Morgan fingerprint density at radius 1 is 1.31 bits per heavy atom. The molecule has 1 aromatic carbocycles. The van der Waals surface area contributed by atoms with Crippen molar-refractivity contribution < 1.29 is 5.11 Å². The minimum atomic E-state index is -0.556. The number of aliphatic hydroxyl groups excluding tert-OH is 1. The molecular weight excluding hydrogens is 162 g/mol. The summed E-state index contributed by atoms with van der Waals surface area (Å²) in [7, 11) is 0. The Bertz CT molecular complexity index is 294. The summed E-state index contributed by atoms with van der Waals surface area (Å²) in [5, 5.41) is 9.78. The van der Waals surface area contributed by atoms with Crippen LogP contribution >= 0.6 is 0 Å². The van der Waals surface area contributed by atoms with E-state index in [-0.39, 0.29) is 6.04 Å². The maximum absolute atomic E-state index is 9.78. The van der Waals surface area contributed by atoms with Gasteiger partial charge in [0.05, 0.1) is 6.10 Å². The summed E-state index contributed by atoms with van der Waals surface area (Å²) in [6.45, 7) is 5.81. The third-order valence-electron chi connectivity index (χ3n) is 2.25. The van der Waals surface area contributed by atoms with Crippen molar-refractivity contribution >= 4 is 0 Å². The number of aryl methyl sites for hydroxylation is 2. The molecule has 2 nitrogen and oxygen atoms in total. The second-order valence-corrected chi connectivity index (χ2v) is 3.66. The zero-order chi connectivity index (χ0) is 10.0. The van der Waals surface area contributed by atoms with E-state index >= 15 is 0 Å². The van der Waals surface area contributed by atoms with Crippen molar-refractivity contribution in [2.75, 3.05) is 0 Å². The fourth-order valence-electron chi connectivity index (χ4n) is 1.36. The van der Waals surface area contributed by atoms with Gasteiger partial charge >= 0.3 is 0 Å². The van der Waals surface area contributed by atoms with Gasteiger partial charge in [-0.2, -0.15) is 0 Å². The molecule has 2 heteroatoms. The summed E-state index contributed by atoms with van der Waals surface area (Å²) < 4.78 is 0. The number of hydrogen-bond acceptors (Lipinski definition) is 2. The average Bonchev–Trinajstić information content (AvgIpc) is 2.08. The highest BCUT2D eigenvalue weighted by atomic mass is 16.3. The lowest BCUT2D eigenvalue weighted by Gasteiger charge is -2.17. The van der Waals surface area contributed by atoms with Crippen LogP contribution in [0.2, 0.25) is 0 Å². The van der Waals surface area contributed by atoms with Crippen LogP contribution in [0.1, 0.15) is 29.7 Å². The first-order valence-corrected chi connectivity index (χ1v) is 4.53. The van der Waals surface area contributed by atoms with Crippen LogP contribution in [0.5, 0.6) is 0 Å². The van der Waals surface area contributed by atoms with Crippen molar-refractivity contribution in [1.82, 2.24) is 0 Å². The average molecular weight is 179 g/mol. The van der Waals surface area contributed by atoms with Crippen LogP contribution in [0, 0.1) is 13.8 Å². The molecule has 0 heterocycles. The summed E-state index contributed by atoms with van der Waals surface area (Å²) in [4.78, 5) is 0. The molecule has 1 rings (SSSR count). The van der Waals surface area contributed by atoms with Gasteiger partial charge in [0.25, 0.3) is 0 Å². The van der Waals surface area contributed by atoms with Gasteiger partial charge in [-0.1, -0.05) is 23.8 Å². The van der Waals surface area contributed by atoms with E-state index in [1.807, 2.05) is 39.0 Å². The summed E-state index contributed by atoms with van der Waals surface area (Å²) in [5.41, 5.74) is 8.82. The van der Waals surface area contributed by atoms with Crippen LogP contribution in [0.4, 0.5) is 0 Å². The number of aliphatic hydroxyl groups is 1. The molecule has 0 spiro atoms. The van der Waals surface area contributed by atoms with Gasteiger partial charge in [-0.15, -0.1) is 0 Å². The Balaban J connectivity index is 3.05. The monoisotopic (exact) mass is 179 g/mol. The zero-order valence-corrected chi connectivity index (χ0v) is 8.41. The molecule has 0 aliphatic rings. The zero-order valence-electron chi connectivity index (χ0n) is 8.41. The van der Waals surface area contributed by atoms with Crippen LogP contribution in [0.3, 0.4) is 0 Å². The van der Waals surface area contributed by atoms with E-state index in [0.717, 1.165) is 16.7 Å². The SMILES string of the molecule is Cc1ccc(C)c(C(O)C(C)N)c1. The van der Waals surface area contributed by atoms with E-state index < -0.39 is 6.10 Å². The largest absolute Gasteiger partial charge is 0.387 e. The minimum Gasteiger partial charge on any atom is -0.387 e. The Morgan fingerprint density at radius 2 is 1.92 bits per heavy atom.